The van der Waals surface area contributed by atoms with E-state index in [4.69, 9.17) is 9.52 Å². The first kappa shape index (κ1) is 17.7. The van der Waals surface area contributed by atoms with Gasteiger partial charge in [-0.15, -0.1) is 5.10 Å². The Labute approximate surface area is 156 Å². The molecule has 1 saturated heterocycles. The molecule has 2 aliphatic heterocycles. The molecule has 4 rings (SSSR count). The summed E-state index contributed by atoms with van der Waals surface area (Å²) in [6.45, 7) is 6.23. The molecule has 2 aromatic heterocycles. The van der Waals surface area contributed by atoms with Gasteiger partial charge in [0.1, 0.15) is 11.0 Å². The lowest BCUT2D eigenvalue weighted by Crippen LogP contribution is -2.50. The van der Waals surface area contributed by atoms with Crippen LogP contribution in [0, 0.1) is 0 Å². The maximum atomic E-state index is 13.0. The van der Waals surface area contributed by atoms with Crippen LogP contribution >= 0.6 is 11.8 Å². The second kappa shape index (κ2) is 7.51. The summed E-state index contributed by atoms with van der Waals surface area (Å²) in [5, 5.41) is 13.8. The van der Waals surface area contributed by atoms with Crippen LogP contribution in [-0.2, 0) is 6.42 Å². The molecule has 2 atom stereocenters. The molecule has 0 saturated carbocycles. The zero-order valence-electron chi connectivity index (χ0n) is 14.7. The first-order chi connectivity index (χ1) is 12.7. The fourth-order valence-corrected chi connectivity index (χ4v) is 4.83. The molecule has 1 N–H and O–H groups in total. The van der Waals surface area contributed by atoms with Crippen LogP contribution in [0.25, 0.3) is 0 Å². The van der Waals surface area contributed by atoms with Crippen molar-refractivity contribution in [1.82, 2.24) is 24.6 Å². The fourth-order valence-electron chi connectivity index (χ4n) is 3.58. The van der Waals surface area contributed by atoms with Crippen molar-refractivity contribution >= 4 is 17.7 Å². The number of carbonyl (C=O) groups is 1. The van der Waals surface area contributed by atoms with E-state index >= 15 is 0 Å². The van der Waals surface area contributed by atoms with Crippen molar-refractivity contribution in [2.45, 2.75) is 29.8 Å². The third-order valence-electron chi connectivity index (χ3n) is 4.96. The molecule has 1 fully saturated rings. The molecule has 140 valence electrons. The number of β-amino-alcohol motifs (C(OH)–C–C–N with tert-alkyl or cyclic N) is 1. The highest BCUT2D eigenvalue weighted by Gasteiger charge is 2.44. The zero-order chi connectivity index (χ0) is 18.1. The van der Waals surface area contributed by atoms with E-state index in [1.54, 1.807) is 6.26 Å². The van der Waals surface area contributed by atoms with Crippen molar-refractivity contribution in [3.63, 3.8) is 0 Å². The Hall–Kier alpha value is -1.68. The van der Waals surface area contributed by atoms with Crippen molar-refractivity contribution in [2.75, 3.05) is 39.3 Å². The number of furan rings is 1. The predicted octanol–water partition coefficient (Wildman–Crippen LogP) is 0.899. The minimum absolute atomic E-state index is 0.0311. The van der Waals surface area contributed by atoms with Crippen LogP contribution in [0.15, 0.2) is 28.0 Å². The van der Waals surface area contributed by atoms with E-state index in [9.17, 15) is 4.79 Å². The normalized spacial score (nSPS) is 22.7. The van der Waals surface area contributed by atoms with E-state index in [0.717, 1.165) is 31.9 Å². The fraction of sp³-hybridized carbons (Fsp3) is 0.588. The number of nitrogens with zero attached hydrogens (tertiary/aromatic N) is 5. The molecule has 0 aromatic carbocycles. The quantitative estimate of drug-likeness (QED) is 0.794. The largest absolute Gasteiger partial charge is 0.468 e. The van der Waals surface area contributed by atoms with Crippen LogP contribution in [0.1, 0.15) is 29.3 Å². The molecular weight excluding hydrogens is 354 g/mol. The number of aryl methyl sites for hydroxylation is 1. The summed E-state index contributed by atoms with van der Waals surface area (Å²) < 4.78 is 7.14. The summed E-state index contributed by atoms with van der Waals surface area (Å²) in [4.78, 5) is 22.0. The van der Waals surface area contributed by atoms with E-state index in [0.29, 0.717) is 23.9 Å². The number of hydrogen-bond donors (Lipinski definition) is 1. The molecule has 4 heterocycles. The number of hydrogen-bond acceptors (Lipinski definition) is 8. The van der Waals surface area contributed by atoms with Gasteiger partial charge in [-0.1, -0.05) is 18.7 Å². The van der Waals surface area contributed by atoms with Gasteiger partial charge in [-0.2, -0.15) is 4.68 Å². The average molecular weight is 377 g/mol. The van der Waals surface area contributed by atoms with Gasteiger partial charge in [-0.25, -0.2) is 4.98 Å². The van der Waals surface area contributed by atoms with Crippen molar-refractivity contribution in [3.8, 4) is 0 Å². The second-order valence-electron chi connectivity index (χ2n) is 6.51. The number of aliphatic hydroxyl groups is 1. The summed E-state index contributed by atoms with van der Waals surface area (Å²) >= 11 is 1.48. The van der Waals surface area contributed by atoms with E-state index in [2.05, 4.69) is 19.9 Å². The summed E-state index contributed by atoms with van der Waals surface area (Å²) in [6.07, 6.45) is 2.37. The smallest absolute Gasteiger partial charge is 0.265 e. The summed E-state index contributed by atoms with van der Waals surface area (Å²) in [6, 6.07) is 3.65. The number of aromatic nitrogens is 3. The number of fused-ring (bicyclic) bond motifs is 1. The van der Waals surface area contributed by atoms with Gasteiger partial charge >= 0.3 is 0 Å². The lowest BCUT2D eigenvalue weighted by Gasteiger charge is -2.39. The molecule has 2 aromatic rings. The number of thioether (sulfide) groups is 1. The molecule has 0 spiro atoms. The number of carbonyl (C=O) groups excluding carboxylic acids is 1. The first-order valence-electron chi connectivity index (χ1n) is 8.98. The minimum atomic E-state index is -0.313. The third kappa shape index (κ3) is 3.20. The molecule has 26 heavy (non-hydrogen) atoms. The molecule has 0 radical (unpaired) electrons. The van der Waals surface area contributed by atoms with Crippen LogP contribution in [0.4, 0.5) is 0 Å². The zero-order valence-corrected chi connectivity index (χ0v) is 15.6. The highest BCUT2D eigenvalue weighted by molar-refractivity contribution is 8.00. The molecule has 0 bridgehead atoms. The number of rotatable bonds is 6. The Balaban J connectivity index is 1.56. The van der Waals surface area contributed by atoms with Crippen LogP contribution < -0.4 is 0 Å². The SMILES string of the molecule is CCc1nc2n(n1)C(=O)C(C(c1ccco1)N1CCN(CCO)CC1)S2. The van der Waals surface area contributed by atoms with Crippen molar-refractivity contribution in [3.05, 3.63) is 30.0 Å². The molecular formula is C17H23N5O3S. The van der Waals surface area contributed by atoms with Gasteiger partial charge < -0.3 is 9.52 Å². The van der Waals surface area contributed by atoms with Crippen LogP contribution in [-0.4, -0.2) is 80.2 Å². The summed E-state index contributed by atoms with van der Waals surface area (Å²) in [5.74, 6) is 1.47. The lowest BCUT2D eigenvalue weighted by atomic mass is 10.1. The molecule has 2 aliphatic rings. The average Bonchev–Trinajstić information content (AvgIpc) is 3.37. The van der Waals surface area contributed by atoms with Gasteiger partial charge in [-0.05, 0) is 12.1 Å². The van der Waals surface area contributed by atoms with Gasteiger partial charge in [0.25, 0.3) is 5.91 Å². The number of piperazine rings is 1. The van der Waals surface area contributed by atoms with Gasteiger partial charge in [-0.3, -0.25) is 14.6 Å². The lowest BCUT2D eigenvalue weighted by molar-refractivity contribution is 0.0638. The Morgan fingerprint density at radius 1 is 1.38 bits per heavy atom. The van der Waals surface area contributed by atoms with E-state index in [1.807, 2.05) is 19.1 Å². The van der Waals surface area contributed by atoms with E-state index < -0.39 is 0 Å². The first-order valence-corrected chi connectivity index (χ1v) is 9.86. The standard InChI is InChI=1S/C17H23N5O3S/c1-2-13-18-17-22(19-13)16(24)15(26-17)14(12-4-3-11-25-12)21-7-5-20(6-8-21)9-10-23/h3-4,11,14-15,23H,2,5-10H2,1H3. The summed E-state index contributed by atoms with van der Waals surface area (Å²) in [7, 11) is 0. The Morgan fingerprint density at radius 2 is 2.19 bits per heavy atom. The highest BCUT2D eigenvalue weighted by Crippen LogP contribution is 2.41. The topological polar surface area (TPSA) is 87.6 Å². The van der Waals surface area contributed by atoms with Crippen LogP contribution in [0.5, 0.6) is 0 Å². The van der Waals surface area contributed by atoms with Crippen molar-refractivity contribution < 1.29 is 14.3 Å². The maximum Gasteiger partial charge on any atom is 0.265 e. The second-order valence-corrected chi connectivity index (χ2v) is 7.62. The Morgan fingerprint density at radius 3 is 2.81 bits per heavy atom. The molecule has 2 unspecified atom stereocenters. The third-order valence-corrected chi connectivity index (χ3v) is 6.15. The molecule has 0 aliphatic carbocycles. The molecule has 9 heteroatoms. The van der Waals surface area contributed by atoms with Gasteiger partial charge in [0.05, 0.1) is 18.9 Å². The maximum absolute atomic E-state index is 13.0. The minimum Gasteiger partial charge on any atom is -0.468 e. The molecule has 8 nitrogen and oxygen atoms in total. The van der Waals surface area contributed by atoms with E-state index in [-0.39, 0.29) is 23.8 Å². The van der Waals surface area contributed by atoms with Gasteiger partial charge in [0, 0.05) is 39.1 Å². The Kier molecular flexibility index (Phi) is 5.12. The monoisotopic (exact) mass is 377 g/mol. The number of aliphatic hydroxyl groups excluding tert-OH is 1. The molecule has 0 amide bonds. The van der Waals surface area contributed by atoms with Crippen molar-refractivity contribution in [1.29, 1.82) is 0 Å². The van der Waals surface area contributed by atoms with Crippen LogP contribution in [0.3, 0.4) is 0 Å². The van der Waals surface area contributed by atoms with Crippen LogP contribution in [0.2, 0.25) is 0 Å². The Bertz CT molecular complexity index is 755. The predicted molar refractivity (Wildman–Crippen MR) is 96.2 cm³/mol. The van der Waals surface area contributed by atoms with Gasteiger partial charge in [0.2, 0.25) is 0 Å². The highest BCUT2D eigenvalue weighted by atomic mass is 32.2. The van der Waals surface area contributed by atoms with Crippen molar-refractivity contribution in [2.24, 2.45) is 0 Å². The van der Waals surface area contributed by atoms with Gasteiger partial charge in [0.15, 0.2) is 11.0 Å². The summed E-state index contributed by atoms with van der Waals surface area (Å²) in [5.41, 5.74) is 0. The van der Waals surface area contributed by atoms with E-state index in [1.165, 1.54) is 16.4 Å².